The molecular weight excluding hydrogens is 274 g/mol. The van der Waals surface area contributed by atoms with Crippen molar-refractivity contribution in [3.8, 4) is 0 Å². The number of nitrogens with zero attached hydrogens (tertiary/aromatic N) is 2. The van der Waals surface area contributed by atoms with Crippen molar-refractivity contribution in [1.29, 1.82) is 0 Å². The maximum atomic E-state index is 12.0. The molecule has 1 aromatic heterocycles. The summed E-state index contributed by atoms with van der Waals surface area (Å²) in [4.78, 5) is 34.5. The quantitative estimate of drug-likeness (QED) is 0.829. The van der Waals surface area contributed by atoms with E-state index in [0.29, 0.717) is 16.5 Å². The van der Waals surface area contributed by atoms with Crippen LogP contribution in [0.15, 0.2) is 29.1 Å². The van der Waals surface area contributed by atoms with Gasteiger partial charge in [0.05, 0.1) is 17.5 Å². The van der Waals surface area contributed by atoms with Crippen LogP contribution >= 0.6 is 0 Å². The van der Waals surface area contributed by atoms with Crippen molar-refractivity contribution in [3.63, 3.8) is 0 Å². The number of benzene rings is 1. The summed E-state index contributed by atoms with van der Waals surface area (Å²) in [5.74, 6) is -1.57. The SMILES string of the molecule is CC(NC(=O)Cc1nn(C)c(=O)c2ccccc12)C(=O)O. The molecule has 1 unspecified atom stereocenters. The lowest BCUT2D eigenvalue weighted by atomic mass is 10.1. The van der Waals surface area contributed by atoms with Gasteiger partial charge in [0.25, 0.3) is 5.56 Å². The molecule has 0 aliphatic carbocycles. The Morgan fingerprint density at radius 2 is 1.95 bits per heavy atom. The molecule has 1 heterocycles. The number of rotatable bonds is 4. The highest BCUT2D eigenvalue weighted by Gasteiger charge is 2.16. The first-order valence-electron chi connectivity index (χ1n) is 6.37. The largest absolute Gasteiger partial charge is 0.480 e. The van der Waals surface area contributed by atoms with Crippen LogP contribution in [0.1, 0.15) is 12.6 Å². The number of hydrogen-bond acceptors (Lipinski definition) is 4. The summed E-state index contributed by atoms with van der Waals surface area (Å²) >= 11 is 0. The van der Waals surface area contributed by atoms with E-state index in [0.717, 1.165) is 0 Å². The second-order valence-corrected chi connectivity index (χ2v) is 4.73. The van der Waals surface area contributed by atoms with Gasteiger partial charge in [0, 0.05) is 12.4 Å². The first kappa shape index (κ1) is 14.7. The Morgan fingerprint density at radius 1 is 1.33 bits per heavy atom. The normalized spacial score (nSPS) is 12.1. The van der Waals surface area contributed by atoms with Crippen LogP contribution in [0.5, 0.6) is 0 Å². The third kappa shape index (κ3) is 3.07. The van der Waals surface area contributed by atoms with Crippen molar-refractivity contribution in [3.05, 3.63) is 40.3 Å². The molecule has 21 heavy (non-hydrogen) atoms. The minimum atomic E-state index is -1.11. The van der Waals surface area contributed by atoms with E-state index in [-0.39, 0.29) is 12.0 Å². The van der Waals surface area contributed by atoms with Crippen LogP contribution in [0.2, 0.25) is 0 Å². The highest BCUT2D eigenvalue weighted by Crippen LogP contribution is 2.13. The van der Waals surface area contributed by atoms with Gasteiger partial charge in [-0.15, -0.1) is 0 Å². The number of aryl methyl sites for hydroxylation is 1. The molecule has 2 aromatic rings. The Hall–Kier alpha value is -2.70. The van der Waals surface area contributed by atoms with E-state index in [2.05, 4.69) is 10.4 Å². The van der Waals surface area contributed by atoms with Gasteiger partial charge in [-0.25, -0.2) is 4.68 Å². The van der Waals surface area contributed by atoms with Gasteiger partial charge in [0.15, 0.2) is 0 Å². The molecule has 0 saturated heterocycles. The first-order valence-corrected chi connectivity index (χ1v) is 6.37. The summed E-state index contributed by atoms with van der Waals surface area (Å²) in [6.45, 7) is 1.38. The highest BCUT2D eigenvalue weighted by atomic mass is 16.4. The zero-order chi connectivity index (χ0) is 15.6. The molecule has 0 aliphatic rings. The van der Waals surface area contributed by atoms with Crippen LogP contribution in [0, 0.1) is 0 Å². The van der Waals surface area contributed by atoms with Crippen molar-refractivity contribution in [2.45, 2.75) is 19.4 Å². The molecule has 2 rings (SSSR count). The molecule has 0 radical (unpaired) electrons. The molecule has 0 saturated carbocycles. The average molecular weight is 289 g/mol. The number of carboxylic acid groups (broad SMARTS) is 1. The Morgan fingerprint density at radius 3 is 2.57 bits per heavy atom. The maximum absolute atomic E-state index is 12.0. The number of carboxylic acids is 1. The minimum Gasteiger partial charge on any atom is -0.480 e. The molecule has 0 fully saturated rings. The van der Waals surface area contributed by atoms with Crippen LogP contribution in [0.3, 0.4) is 0 Å². The van der Waals surface area contributed by atoms with E-state index in [1.807, 2.05) is 0 Å². The minimum absolute atomic E-state index is 0.0910. The Kier molecular flexibility index (Phi) is 4.02. The number of amides is 1. The second kappa shape index (κ2) is 5.74. The molecule has 0 spiro atoms. The van der Waals surface area contributed by atoms with Gasteiger partial charge >= 0.3 is 5.97 Å². The standard InChI is InChI=1S/C14H15N3O4/c1-8(14(20)21)15-12(18)7-11-9-5-3-4-6-10(9)13(19)17(2)16-11/h3-6,8H,7H2,1-2H3,(H,15,18)(H,20,21). The van der Waals surface area contributed by atoms with Crippen LogP contribution < -0.4 is 10.9 Å². The number of nitrogens with one attached hydrogen (secondary N) is 1. The average Bonchev–Trinajstić information content (AvgIpc) is 2.44. The number of carbonyl (C=O) groups excluding carboxylic acids is 1. The summed E-state index contributed by atoms with van der Waals surface area (Å²) in [5, 5.41) is 16.3. The van der Waals surface area contributed by atoms with Crippen molar-refractivity contribution in [1.82, 2.24) is 15.1 Å². The molecule has 7 heteroatoms. The molecule has 1 aromatic carbocycles. The van der Waals surface area contributed by atoms with Crippen LogP contribution in [-0.4, -0.2) is 32.8 Å². The number of carbonyl (C=O) groups is 2. The predicted molar refractivity (Wildman–Crippen MR) is 75.9 cm³/mol. The van der Waals surface area contributed by atoms with Gasteiger partial charge in [-0.05, 0) is 13.0 Å². The third-order valence-corrected chi connectivity index (χ3v) is 3.11. The van der Waals surface area contributed by atoms with Crippen molar-refractivity contribution >= 4 is 22.6 Å². The van der Waals surface area contributed by atoms with E-state index in [1.165, 1.54) is 18.7 Å². The Labute approximate surface area is 120 Å². The predicted octanol–water partition coefficient (Wildman–Crippen LogP) is 0.0653. The second-order valence-electron chi connectivity index (χ2n) is 4.73. The zero-order valence-electron chi connectivity index (χ0n) is 11.7. The van der Waals surface area contributed by atoms with Crippen molar-refractivity contribution in [2.75, 3.05) is 0 Å². The van der Waals surface area contributed by atoms with E-state index < -0.39 is 17.9 Å². The lowest BCUT2D eigenvalue weighted by Crippen LogP contribution is -2.39. The van der Waals surface area contributed by atoms with Gasteiger partial charge in [-0.2, -0.15) is 5.10 Å². The lowest BCUT2D eigenvalue weighted by Gasteiger charge is -2.11. The fraction of sp³-hybridized carbons (Fsp3) is 0.286. The molecule has 1 atom stereocenters. The first-order chi connectivity index (χ1) is 9.90. The number of hydrogen-bond donors (Lipinski definition) is 2. The molecule has 110 valence electrons. The van der Waals surface area contributed by atoms with Crippen LogP contribution in [0.4, 0.5) is 0 Å². The van der Waals surface area contributed by atoms with E-state index in [9.17, 15) is 14.4 Å². The monoisotopic (exact) mass is 289 g/mol. The maximum Gasteiger partial charge on any atom is 0.325 e. The fourth-order valence-corrected chi connectivity index (χ4v) is 2.01. The summed E-state index contributed by atoms with van der Waals surface area (Å²) in [6, 6.07) is 5.90. The topological polar surface area (TPSA) is 101 Å². The molecule has 2 N–H and O–H groups in total. The molecule has 0 aliphatic heterocycles. The lowest BCUT2D eigenvalue weighted by molar-refractivity contribution is -0.141. The summed E-state index contributed by atoms with van der Waals surface area (Å²) in [5.41, 5.74) is 0.191. The number of aromatic nitrogens is 2. The van der Waals surface area contributed by atoms with Gasteiger partial charge in [-0.3, -0.25) is 14.4 Å². The van der Waals surface area contributed by atoms with Gasteiger partial charge in [0.2, 0.25) is 5.91 Å². The van der Waals surface area contributed by atoms with Gasteiger partial charge in [-0.1, -0.05) is 18.2 Å². The summed E-state index contributed by atoms with van der Waals surface area (Å²) < 4.78 is 1.17. The van der Waals surface area contributed by atoms with Crippen molar-refractivity contribution in [2.24, 2.45) is 7.05 Å². The van der Waals surface area contributed by atoms with E-state index in [1.54, 1.807) is 24.3 Å². The zero-order valence-corrected chi connectivity index (χ0v) is 11.7. The van der Waals surface area contributed by atoms with Crippen LogP contribution in [-0.2, 0) is 23.1 Å². The summed E-state index contributed by atoms with van der Waals surface area (Å²) in [7, 11) is 1.51. The molecule has 7 nitrogen and oxygen atoms in total. The molecule has 0 bridgehead atoms. The van der Waals surface area contributed by atoms with Gasteiger partial charge in [0.1, 0.15) is 6.04 Å². The fourth-order valence-electron chi connectivity index (χ4n) is 2.01. The van der Waals surface area contributed by atoms with Crippen LogP contribution in [0.25, 0.3) is 10.8 Å². The van der Waals surface area contributed by atoms with Gasteiger partial charge < -0.3 is 10.4 Å². The smallest absolute Gasteiger partial charge is 0.325 e. The third-order valence-electron chi connectivity index (χ3n) is 3.11. The molecular formula is C14H15N3O4. The number of aliphatic carboxylic acids is 1. The molecule has 1 amide bonds. The van der Waals surface area contributed by atoms with Crippen molar-refractivity contribution < 1.29 is 14.7 Å². The number of fused-ring (bicyclic) bond motifs is 1. The Bertz CT molecular complexity index is 766. The van der Waals surface area contributed by atoms with E-state index in [4.69, 9.17) is 5.11 Å². The summed E-state index contributed by atoms with van der Waals surface area (Å²) in [6.07, 6.45) is -0.0910. The highest BCUT2D eigenvalue weighted by molar-refractivity contribution is 5.89. The van der Waals surface area contributed by atoms with E-state index >= 15 is 0 Å². The Balaban J connectivity index is 2.35.